The fourth-order valence-corrected chi connectivity index (χ4v) is 7.52. The van der Waals surface area contributed by atoms with Crippen LogP contribution < -0.4 is 11.5 Å². The molecule has 1 amide bonds. The van der Waals surface area contributed by atoms with E-state index in [1.54, 1.807) is 4.90 Å². The van der Waals surface area contributed by atoms with Gasteiger partial charge in [0.1, 0.15) is 17.7 Å². The van der Waals surface area contributed by atoms with Gasteiger partial charge in [0.15, 0.2) is 0 Å². The smallest absolute Gasteiger partial charge is 0.326 e. The van der Waals surface area contributed by atoms with Crippen molar-refractivity contribution in [3.8, 4) is 6.07 Å². The summed E-state index contributed by atoms with van der Waals surface area (Å²) < 4.78 is 5.97. The Bertz CT molecular complexity index is 793. The molecule has 4 bridgehead atoms. The summed E-state index contributed by atoms with van der Waals surface area (Å²) in [6, 6.07) is 0.348. The first kappa shape index (κ1) is 20.2. The molecule has 1 saturated heterocycles. The molecule has 6 fully saturated rings. The second-order valence-electron chi connectivity index (χ2n) is 10.9. The number of aliphatic hydroxyl groups excluding tert-OH is 1. The summed E-state index contributed by atoms with van der Waals surface area (Å²) >= 11 is 0. The maximum absolute atomic E-state index is 13.5. The number of nitriles is 1. The number of piperidine rings is 1. The van der Waals surface area contributed by atoms with Crippen molar-refractivity contribution in [1.29, 1.82) is 5.26 Å². The van der Waals surface area contributed by atoms with Crippen LogP contribution in [0, 0.1) is 34.5 Å². The number of carbonyl (C=O) groups excluding carboxylic acids is 2. The van der Waals surface area contributed by atoms with E-state index in [1.807, 2.05) is 0 Å². The number of nitrogens with two attached hydrogens (primary N) is 2. The highest BCUT2D eigenvalue weighted by molar-refractivity contribution is 5.84. The predicted molar refractivity (Wildman–Crippen MR) is 106 cm³/mol. The molecule has 0 spiro atoms. The zero-order valence-electron chi connectivity index (χ0n) is 17.5. The van der Waals surface area contributed by atoms with Crippen LogP contribution in [0.1, 0.15) is 58.3 Å². The second-order valence-corrected chi connectivity index (χ2v) is 10.9. The fraction of sp³-hybridized carbons (Fsp3) is 0.864. The monoisotopic (exact) mass is 416 g/mol. The van der Waals surface area contributed by atoms with Crippen LogP contribution in [-0.2, 0) is 14.3 Å². The fourth-order valence-electron chi connectivity index (χ4n) is 7.52. The molecule has 0 aromatic carbocycles. The van der Waals surface area contributed by atoms with Crippen molar-refractivity contribution in [2.45, 2.75) is 94.2 Å². The van der Waals surface area contributed by atoms with Crippen molar-refractivity contribution in [3.63, 3.8) is 0 Å². The van der Waals surface area contributed by atoms with Gasteiger partial charge in [-0.2, -0.15) is 5.26 Å². The highest BCUT2D eigenvalue weighted by atomic mass is 16.6. The Morgan fingerprint density at radius 3 is 2.43 bits per heavy atom. The van der Waals surface area contributed by atoms with E-state index in [9.17, 15) is 20.0 Å². The number of amides is 1. The van der Waals surface area contributed by atoms with Crippen molar-refractivity contribution >= 4 is 11.9 Å². The standard InChI is InChI=1S/C22H32N4O4/c1-11(27)17(24)20(29)30-22-7-12-2-13(8-22)6-21(5-12,10-22)18(25)19(28)26-15(9-23)3-14-4-16(14)26/h11-18,27H,2-8,10,24-25H2,1H3. The number of carbonyl (C=O) groups is 2. The van der Waals surface area contributed by atoms with Crippen molar-refractivity contribution in [1.82, 2.24) is 4.90 Å². The molecular weight excluding hydrogens is 384 g/mol. The lowest BCUT2D eigenvalue weighted by Gasteiger charge is -2.62. The summed E-state index contributed by atoms with van der Waals surface area (Å²) in [5.41, 5.74) is 11.5. The highest BCUT2D eigenvalue weighted by Crippen LogP contribution is 2.64. The van der Waals surface area contributed by atoms with Gasteiger partial charge >= 0.3 is 5.97 Å². The third kappa shape index (κ3) is 2.97. The number of nitrogens with zero attached hydrogens (tertiary/aromatic N) is 2. The predicted octanol–water partition coefficient (Wildman–Crippen LogP) is 0.417. The zero-order valence-corrected chi connectivity index (χ0v) is 17.5. The number of likely N-dealkylation sites (tertiary alicyclic amines) is 1. The van der Waals surface area contributed by atoms with Crippen molar-refractivity contribution in [3.05, 3.63) is 0 Å². The van der Waals surface area contributed by atoms with Crippen LogP contribution in [0.4, 0.5) is 0 Å². The van der Waals surface area contributed by atoms with Gasteiger partial charge in [-0.05, 0) is 81.5 Å². The average Bonchev–Trinajstić information content (AvgIpc) is 3.34. The molecule has 8 nitrogen and oxygen atoms in total. The molecule has 0 radical (unpaired) electrons. The first-order valence-electron chi connectivity index (χ1n) is 11.3. The van der Waals surface area contributed by atoms with E-state index in [-0.39, 0.29) is 18.0 Å². The van der Waals surface area contributed by atoms with Gasteiger partial charge in [-0.15, -0.1) is 0 Å². The topological polar surface area (TPSA) is 143 Å². The number of ether oxygens (including phenoxy) is 1. The summed E-state index contributed by atoms with van der Waals surface area (Å²) in [7, 11) is 0. The Kier molecular flexibility index (Phi) is 4.48. The lowest BCUT2D eigenvalue weighted by Crippen LogP contribution is -2.66. The molecule has 8 heteroatoms. The average molecular weight is 417 g/mol. The molecule has 1 aliphatic heterocycles. The molecule has 1 heterocycles. The molecule has 6 aliphatic rings. The number of hydrogen-bond acceptors (Lipinski definition) is 7. The van der Waals surface area contributed by atoms with Crippen LogP contribution in [0.3, 0.4) is 0 Å². The van der Waals surface area contributed by atoms with E-state index in [0.29, 0.717) is 24.2 Å². The van der Waals surface area contributed by atoms with Gasteiger partial charge in [0.25, 0.3) is 0 Å². The van der Waals surface area contributed by atoms with E-state index in [1.165, 1.54) is 6.92 Å². The largest absolute Gasteiger partial charge is 0.458 e. The van der Waals surface area contributed by atoms with Crippen molar-refractivity contribution < 1.29 is 19.4 Å². The SMILES string of the molecule is CC(O)C(N)C(=O)OC12CC3CC(C1)CC(C(N)C(=O)N1C(C#N)CC4CC41)(C3)C2. The number of fused-ring (bicyclic) bond motifs is 1. The lowest BCUT2D eigenvalue weighted by atomic mass is 9.46. The number of rotatable bonds is 5. The minimum absolute atomic E-state index is 0.101. The van der Waals surface area contributed by atoms with E-state index in [0.717, 1.165) is 44.9 Å². The minimum Gasteiger partial charge on any atom is -0.458 e. The molecule has 5 saturated carbocycles. The summed E-state index contributed by atoms with van der Waals surface area (Å²) in [5, 5.41) is 19.2. The molecule has 8 unspecified atom stereocenters. The van der Waals surface area contributed by atoms with Crippen LogP contribution >= 0.6 is 0 Å². The highest BCUT2D eigenvalue weighted by Gasteiger charge is 2.64. The molecule has 6 rings (SSSR count). The molecule has 8 atom stereocenters. The molecular formula is C22H32N4O4. The summed E-state index contributed by atoms with van der Waals surface area (Å²) in [6.07, 6.45) is 5.71. The third-order valence-electron chi connectivity index (χ3n) is 8.60. The van der Waals surface area contributed by atoms with Gasteiger partial charge < -0.3 is 26.2 Å². The van der Waals surface area contributed by atoms with Crippen molar-refractivity contribution in [2.24, 2.45) is 34.6 Å². The molecule has 30 heavy (non-hydrogen) atoms. The van der Waals surface area contributed by atoms with E-state index >= 15 is 0 Å². The van der Waals surface area contributed by atoms with Crippen LogP contribution in [0.2, 0.25) is 0 Å². The Hall–Kier alpha value is -1.69. The first-order valence-corrected chi connectivity index (χ1v) is 11.3. The molecule has 5 aliphatic carbocycles. The summed E-state index contributed by atoms with van der Waals surface area (Å²) in [4.78, 5) is 27.8. The second kappa shape index (κ2) is 6.65. The molecule has 0 aromatic heterocycles. The Morgan fingerprint density at radius 2 is 1.83 bits per heavy atom. The summed E-state index contributed by atoms with van der Waals surface area (Å²) in [5.74, 6) is 0.526. The van der Waals surface area contributed by atoms with E-state index in [4.69, 9.17) is 16.2 Å². The zero-order chi connectivity index (χ0) is 21.4. The van der Waals surface area contributed by atoms with E-state index in [2.05, 4.69) is 6.07 Å². The van der Waals surface area contributed by atoms with Crippen LogP contribution in [-0.4, -0.2) is 57.8 Å². The number of esters is 1. The molecule has 0 aromatic rings. The maximum Gasteiger partial charge on any atom is 0.326 e. The third-order valence-corrected chi connectivity index (χ3v) is 8.60. The van der Waals surface area contributed by atoms with Gasteiger partial charge in [-0.25, -0.2) is 0 Å². The van der Waals surface area contributed by atoms with E-state index < -0.39 is 35.2 Å². The number of aliphatic hydroxyl groups is 1. The molecule has 5 N–H and O–H groups in total. The minimum atomic E-state index is -1.07. The molecule has 164 valence electrons. The Labute approximate surface area is 176 Å². The lowest BCUT2D eigenvalue weighted by molar-refractivity contribution is -0.208. The van der Waals surface area contributed by atoms with Crippen molar-refractivity contribution in [2.75, 3.05) is 0 Å². The van der Waals surface area contributed by atoms with Gasteiger partial charge in [0, 0.05) is 6.04 Å². The normalized spacial score (nSPS) is 46.0. The van der Waals surface area contributed by atoms with Crippen LogP contribution in [0.5, 0.6) is 0 Å². The quantitative estimate of drug-likeness (QED) is 0.551. The Balaban J connectivity index is 1.38. The first-order chi connectivity index (χ1) is 14.2. The van der Waals surface area contributed by atoms with Gasteiger partial charge in [0.2, 0.25) is 5.91 Å². The summed E-state index contributed by atoms with van der Waals surface area (Å²) in [6.45, 7) is 1.48. The van der Waals surface area contributed by atoms with Gasteiger partial charge in [-0.3, -0.25) is 9.59 Å². The maximum atomic E-state index is 13.5. The van der Waals surface area contributed by atoms with Gasteiger partial charge in [-0.1, -0.05) is 0 Å². The van der Waals surface area contributed by atoms with Crippen LogP contribution in [0.15, 0.2) is 0 Å². The Morgan fingerprint density at radius 1 is 1.17 bits per heavy atom. The van der Waals surface area contributed by atoms with Gasteiger partial charge in [0.05, 0.1) is 18.2 Å². The van der Waals surface area contributed by atoms with Crippen LogP contribution in [0.25, 0.3) is 0 Å². The number of hydrogen-bond donors (Lipinski definition) is 3.